The average molecular weight is 491 g/mol. The summed E-state index contributed by atoms with van der Waals surface area (Å²) >= 11 is 2.49. The molecule has 1 atom stereocenters. The summed E-state index contributed by atoms with van der Waals surface area (Å²) in [5.74, 6) is 0. The minimum absolute atomic E-state index is 0.0495. The van der Waals surface area contributed by atoms with Crippen molar-refractivity contribution in [2.24, 2.45) is 5.14 Å². The molecule has 0 aliphatic carbocycles. The normalized spacial score (nSPS) is 14.0. The molecule has 0 saturated carbocycles. The van der Waals surface area contributed by atoms with Gasteiger partial charge in [0.25, 0.3) is 0 Å². The number of sulfonamides is 1. The third-order valence-corrected chi connectivity index (χ3v) is 5.60. The largest absolute Gasteiger partial charge is 0.416 e. The molecule has 2 aromatic carbocycles. The van der Waals surface area contributed by atoms with E-state index in [0.29, 0.717) is 5.56 Å². The molecule has 2 rings (SSSR count). The van der Waals surface area contributed by atoms with Crippen LogP contribution in [0, 0.1) is 0 Å². The van der Waals surface area contributed by atoms with Crippen molar-refractivity contribution >= 4 is 31.6 Å². The number of anilines is 1. The van der Waals surface area contributed by atoms with Crippen molar-refractivity contribution in [3.8, 4) is 0 Å². The lowest BCUT2D eigenvalue weighted by molar-refractivity contribution is -0.137. The molecule has 0 bridgehead atoms. The fourth-order valence-electron chi connectivity index (χ4n) is 2.27. The van der Waals surface area contributed by atoms with Crippen molar-refractivity contribution < 1.29 is 34.8 Å². The summed E-state index contributed by atoms with van der Waals surface area (Å²) in [7, 11) is -4.23. The molecule has 0 aromatic heterocycles. The molecule has 0 heterocycles. The summed E-state index contributed by atoms with van der Waals surface area (Å²) in [6.45, 7) is -0.0859. The second-order valence-corrected chi connectivity index (χ2v) is 8.22. The smallest absolute Gasteiger partial charge is 0.381 e. The number of rotatable bonds is 5. The van der Waals surface area contributed by atoms with Crippen LogP contribution in [0.2, 0.25) is 0 Å². The van der Waals surface area contributed by atoms with Crippen molar-refractivity contribution in [1.29, 1.82) is 0 Å². The highest BCUT2D eigenvalue weighted by atomic mass is 79.9. The number of hydrogen-bond acceptors (Lipinski definition) is 3. The van der Waals surface area contributed by atoms with E-state index in [-0.39, 0.29) is 12.2 Å². The van der Waals surface area contributed by atoms with E-state index in [0.717, 1.165) is 30.3 Å². The van der Waals surface area contributed by atoms with Crippen molar-refractivity contribution in [2.75, 3.05) is 5.32 Å². The monoisotopic (exact) mass is 490 g/mol. The van der Waals surface area contributed by atoms with Gasteiger partial charge in [-0.25, -0.2) is 13.6 Å². The van der Waals surface area contributed by atoms with Gasteiger partial charge in [0.1, 0.15) is 4.83 Å². The Morgan fingerprint density at radius 1 is 1.00 bits per heavy atom. The number of primary sulfonamides is 1. The van der Waals surface area contributed by atoms with E-state index < -0.39 is 43.2 Å². The first-order valence-corrected chi connectivity index (χ1v) is 9.93. The minimum atomic E-state index is -4.72. The van der Waals surface area contributed by atoms with E-state index in [1.165, 1.54) is 12.1 Å². The van der Waals surface area contributed by atoms with Crippen molar-refractivity contribution in [2.45, 2.75) is 28.6 Å². The highest BCUT2D eigenvalue weighted by Crippen LogP contribution is 2.43. The van der Waals surface area contributed by atoms with E-state index in [4.69, 9.17) is 5.14 Å². The van der Waals surface area contributed by atoms with Crippen LogP contribution in [-0.2, 0) is 22.7 Å². The van der Waals surface area contributed by atoms with Gasteiger partial charge in [0.2, 0.25) is 10.0 Å². The Hall–Kier alpha value is -1.79. The molecule has 1 unspecified atom stereocenters. The number of alkyl halides is 7. The topological polar surface area (TPSA) is 72.2 Å². The van der Waals surface area contributed by atoms with Crippen LogP contribution in [0.1, 0.15) is 21.5 Å². The van der Waals surface area contributed by atoms with Gasteiger partial charge in [0.15, 0.2) is 0 Å². The van der Waals surface area contributed by atoms with Gasteiger partial charge in [0.05, 0.1) is 10.5 Å². The fourth-order valence-corrected chi connectivity index (χ4v) is 3.20. The molecule has 28 heavy (non-hydrogen) atoms. The summed E-state index contributed by atoms with van der Waals surface area (Å²) < 4.78 is 99.9. The number of halogens is 7. The number of hydrogen-bond donors (Lipinski definition) is 2. The van der Waals surface area contributed by atoms with Gasteiger partial charge in [-0.3, -0.25) is 0 Å². The summed E-state index contributed by atoms with van der Waals surface area (Å²) in [5, 5.41) is 7.64. The summed E-state index contributed by atoms with van der Waals surface area (Å²) in [5.41, 5.74) is -0.947. The molecule has 4 nitrogen and oxygen atoms in total. The van der Waals surface area contributed by atoms with E-state index in [2.05, 4.69) is 21.2 Å². The van der Waals surface area contributed by atoms with E-state index in [9.17, 15) is 34.8 Å². The molecular formula is C16H13BrF6N2O2S. The van der Waals surface area contributed by atoms with Gasteiger partial charge >= 0.3 is 12.4 Å². The SMILES string of the molecule is NS(=O)(=O)c1ccc(NCc2ccc(C(F)(F)F)cc2)c(C(Br)C(F)(F)F)c1. The third-order valence-electron chi connectivity index (χ3n) is 3.68. The third kappa shape index (κ3) is 5.61. The molecular weight excluding hydrogens is 478 g/mol. The quantitative estimate of drug-likeness (QED) is 0.459. The Labute approximate surface area is 164 Å². The first kappa shape index (κ1) is 22.5. The predicted molar refractivity (Wildman–Crippen MR) is 94.3 cm³/mol. The first-order valence-electron chi connectivity index (χ1n) is 7.47. The van der Waals surface area contributed by atoms with Crippen LogP contribution in [0.25, 0.3) is 0 Å². The Kier molecular flexibility index (Phi) is 6.36. The van der Waals surface area contributed by atoms with Crippen molar-refractivity contribution in [3.63, 3.8) is 0 Å². The van der Waals surface area contributed by atoms with Gasteiger partial charge in [-0.05, 0) is 41.5 Å². The van der Waals surface area contributed by atoms with Gasteiger partial charge in [-0.2, -0.15) is 26.3 Å². The molecule has 0 fully saturated rings. The van der Waals surface area contributed by atoms with Crippen LogP contribution < -0.4 is 10.5 Å². The summed E-state index contributed by atoms with van der Waals surface area (Å²) in [6.07, 6.45) is -9.22. The lowest BCUT2D eigenvalue weighted by atomic mass is 10.1. The lowest BCUT2D eigenvalue weighted by Crippen LogP contribution is -2.19. The molecule has 0 aliphatic heterocycles. The molecule has 0 spiro atoms. The van der Waals surface area contributed by atoms with E-state index in [1.54, 1.807) is 0 Å². The predicted octanol–water partition coefficient (Wildman–Crippen LogP) is 4.96. The highest BCUT2D eigenvalue weighted by Gasteiger charge is 2.40. The Bertz CT molecular complexity index is 943. The zero-order chi connectivity index (χ0) is 21.3. The van der Waals surface area contributed by atoms with Crippen LogP contribution in [0.4, 0.5) is 32.0 Å². The van der Waals surface area contributed by atoms with Crippen LogP contribution in [-0.4, -0.2) is 14.6 Å². The molecule has 3 N–H and O–H groups in total. The molecule has 154 valence electrons. The van der Waals surface area contributed by atoms with Crippen LogP contribution >= 0.6 is 15.9 Å². The van der Waals surface area contributed by atoms with Crippen molar-refractivity contribution in [1.82, 2.24) is 0 Å². The Balaban J connectivity index is 2.32. The molecule has 0 saturated heterocycles. The van der Waals surface area contributed by atoms with Gasteiger partial charge in [0, 0.05) is 12.2 Å². The minimum Gasteiger partial charge on any atom is -0.381 e. The van der Waals surface area contributed by atoms with Crippen LogP contribution in [0.3, 0.4) is 0 Å². The molecule has 0 radical (unpaired) electrons. The second-order valence-electron chi connectivity index (χ2n) is 5.75. The Morgan fingerprint density at radius 3 is 2.04 bits per heavy atom. The average Bonchev–Trinajstić information content (AvgIpc) is 2.57. The van der Waals surface area contributed by atoms with E-state index >= 15 is 0 Å². The molecule has 2 aromatic rings. The molecule has 0 amide bonds. The molecule has 12 heteroatoms. The lowest BCUT2D eigenvalue weighted by Gasteiger charge is -2.20. The van der Waals surface area contributed by atoms with Crippen LogP contribution in [0.15, 0.2) is 47.4 Å². The number of benzene rings is 2. The standard InChI is InChI=1S/C16H13BrF6N2O2S/c17-14(16(21,22)23)12-7-11(28(24,26)27)5-6-13(12)25-8-9-1-3-10(4-2-9)15(18,19)20/h1-7,14,25H,8H2,(H2,24,26,27). The van der Waals surface area contributed by atoms with Gasteiger partial charge < -0.3 is 5.32 Å². The summed E-state index contributed by atoms with van der Waals surface area (Å²) in [4.78, 5) is -2.69. The van der Waals surface area contributed by atoms with Crippen LogP contribution in [0.5, 0.6) is 0 Å². The number of nitrogens with one attached hydrogen (secondary N) is 1. The zero-order valence-electron chi connectivity index (χ0n) is 13.8. The maximum Gasteiger partial charge on any atom is 0.416 e. The number of nitrogens with two attached hydrogens (primary N) is 1. The van der Waals surface area contributed by atoms with Gasteiger partial charge in [-0.15, -0.1) is 0 Å². The maximum atomic E-state index is 13.1. The van der Waals surface area contributed by atoms with Crippen molar-refractivity contribution in [3.05, 3.63) is 59.2 Å². The first-order chi connectivity index (χ1) is 12.7. The fraction of sp³-hybridized carbons (Fsp3) is 0.250. The highest BCUT2D eigenvalue weighted by molar-refractivity contribution is 9.09. The second kappa shape index (κ2) is 7.91. The summed E-state index contributed by atoms with van der Waals surface area (Å²) in [6, 6.07) is 7.00. The van der Waals surface area contributed by atoms with E-state index in [1.807, 2.05) is 0 Å². The zero-order valence-corrected chi connectivity index (χ0v) is 16.2. The maximum absolute atomic E-state index is 13.1. The van der Waals surface area contributed by atoms with Gasteiger partial charge in [-0.1, -0.05) is 28.1 Å². The molecule has 0 aliphatic rings. The Morgan fingerprint density at radius 2 is 1.57 bits per heavy atom.